The highest BCUT2D eigenvalue weighted by Crippen LogP contribution is 2.38. The largest absolute Gasteiger partial charge is 0.494 e. The first-order valence-corrected chi connectivity index (χ1v) is 10.8. The lowest BCUT2D eigenvalue weighted by molar-refractivity contribution is -0.0108. The summed E-state index contributed by atoms with van der Waals surface area (Å²) in [5, 5.41) is 0. The van der Waals surface area contributed by atoms with Gasteiger partial charge in [0.1, 0.15) is 5.75 Å². The minimum Gasteiger partial charge on any atom is -0.494 e. The van der Waals surface area contributed by atoms with Crippen LogP contribution < -0.4 is 4.74 Å². The molecule has 0 amide bonds. The molecule has 0 N–H and O–H groups in total. The van der Waals surface area contributed by atoms with E-state index in [4.69, 9.17) is 4.74 Å². The molecule has 2 aromatic rings. The Balaban J connectivity index is 1.44. The molecule has 4 heterocycles. The first kappa shape index (κ1) is 18.4. The van der Waals surface area contributed by atoms with Crippen LogP contribution in [0.15, 0.2) is 47.4 Å². The molecule has 3 aliphatic heterocycles. The van der Waals surface area contributed by atoms with Gasteiger partial charge < -0.3 is 4.74 Å². The summed E-state index contributed by atoms with van der Waals surface area (Å²) in [4.78, 5) is 7.21. The zero-order valence-corrected chi connectivity index (χ0v) is 16.5. The van der Waals surface area contributed by atoms with Crippen molar-refractivity contribution in [2.24, 2.45) is 0 Å². The quantitative estimate of drug-likeness (QED) is 0.762. The maximum Gasteiger partial charge on any atom is 0.243 e. The van der Waals surface area contributed by atoms with E-state index in [0.717, 1.165) is 37.4 Å². The molecule has 7 heteroatoms. The van der Waals surface area contributed by atoms with Crippen molar-refractivity contribution in [2.75, 3.05) is 19.7 Å². The number of nitrogens with zero attached hydrogens (tertiary/aromatic N) is 3. The Hall–Kier alpha value is -1.96. The summed E-state index contributed by atoms with van der Waals surface area (Å²) in [6, 6.07) is 12.9. The van der Waals surface area contributed by atoms with Crippen LogP contribution in [0.25, 0.3) is 0 Å². The smallest absolute Gasteiger partial charge is 0.243 e. The van der Waals surface area contributed by atoms with Crippen LogP contribution >= 0.6 is 0 Å². The first-order valence-electron chi connectivity index (χ1n) is 9.38. The Morgan fingerprint density at radius 2 is 1.81 bits per heavy atom. The van der Waals surface area contributed by atoms with Gasteiger partial charge in [-0.25, -0.2) is 8.42 Å². The lowest BCUT2D eigenvalue weighted by Gasteiger charge is -2.55. The molecule has 0 spiro atoms. The fourth-order valence-corrected chi connectivity index (χ4v) is 5.91. The second-order valence-corrected chi connectivity index (χ2v) is 9.09. The number of ether oxygens (including phenoxy) is 1. The molecular formula is C20H25N3O3S. The van der Waals surface area contributed by atoms with Crippen molar-refractivity contribution in [3.05, 3.63) is 53.9 Å². The molecule has 3 aliphatic rings. The molecule has 6 nitrogen and oxygen atoms in total. The first-order chi connectivity index (χ1) is 13.0. The summed E-state index contributed by atoms with van der Waals surface area (Å²) in [5.74, 6) is 0.692. The summed E-state index contributed by atoms with van der Waals surface area (Å²) >= 11 is 0. The highest BCUT2D eigenvalue weighted by molar-refractivity contribution is 7.89. The van der Waals surface area contributed by atoms with Gasteiger partial charge in [-0.05, 0) is 56.7 Å². The fraction of sp³-hybridized carbons (Fsp3) is 0.450. The van der Waals surface area contributed by atoms with Crippen LogP contribution in [-0.4, -0.2) is 54.4 Å². The minimum atomic E-state index is -3.46. The van der Waals surface area contributed by atoms with Crippen LogP contribution in [0.2, 0.25) is 0 Å². The molecule has 0 saturated carbocycles. The number of benzene rings is 1. The number of piperidine rings is 1. The van der Waals surface area contributed by atoms with Gasteiger partial charge in [0.2, 0.25) is 10.0 Å². The predicted molar refractivity (Wildman–Crippen MR) is 103 cm³/mol. The minimum absolute atomic E-state index is 0.0464. The maximum absolute atomic E-state index is 13.1. The van der Waals surface area contributed by atoms with E-state index in [0.29, 0.717) is 17.3 Å². The summed E-state index contributed by atoms with van der Waals surface area (Å²) in [6.07, 6.45) is 0.938. The van der Waals surface area contributed by atoms with Gasteiger partial charge in [-0.15, -0.1) is 0 Å². The Labute approximate surface area is 160 Å². The van der Waals surface area contributed by atoms with E-state index in [1.807, 2.05) is 32.0 Å². The zero-order chi connectivity index (χ0) is 19.0. The molecule has 2 atom stereocenters. The summed E-state index contributed by atoms with van der Waals surface area (Å²) in [7, 11) is -3.46. The number of pyridine rings is 1. The third kappa shape index (κ3) is 3.59. The van der Waals surface area contributed by atoms with E-state index in [1.165, 1.54) is 0 Å². The number of rotatable bonds is 6. The van der Waals surface area contributed by atoms with Gasteiger partial charge in [0.25, 0.3) is 0 Å². The third-order valence-electron chi connectivity index (χ3n) is 5.24. The Bertz CT molecular complexity index is 902. The van der Waals surface area contributed by atoms with Crippen LogP contribution in [0, 0.1) is 6.92 Å². The number of aryl methyl sites for hydroxylation is 1. The highest BCUT2D eigenvalue weighted by Gasteiger charge is 2.51. The number of aromatic nitrogens is 1. The van der Waals surface area contributed by atoms with Crippen LogP contribution in [0.1, 0.15) is 24.7 Å². The summed E-state index contributed by atoms with van der Waals surface area (Å²) in [5.41, 5.74) is 2.05. The maximum atomic E-state index is 13.1. The van der Waals surface area contributed by atoms with Crippen molar-refractivity contribution >= 4 is 10.0 Å². The number of fused-ring (bicyclic) bond motifs is 2. The van der Waals surface area contributed by atoms with Crippen molar-refractivity contribution < 1.29 is 13.2 Å². The Morgan fingerprint density at radius 1 is 1.11 bits per heavy atom. The van der Waals surface area contributed by atoms with Crippen molar-refractivity contribution in [2.45, 2.75) is 43.8 Å². The standard InChI is InChI=1S/C20H25N3O3S/c1-3-26-19-7-9-20(10-8-19)27(24,25)23-17-11-18(23)14-22(13-17)12-16-6-4-5-15(2)21-16/h4-10,17-18H,3,11-14H2,1-2H3. The SMILES string of the molecule is CCOc1ccc(S(=O)(=O)N2C3CC2CN(Cc2cccc(C)n2)C3)cc1. The van der Waals surface area contributed by atoms with E-state index in [1.54, 1.807) is 28.6 Å². The molecule has 2 unspecified atom stereocenters. The average Bonchev–Trinajstić information content (AvgIpc) is 2.62. The van der Waals surface area contributed by atoms with Crippen LogP contribution in [-0.2, 0) is 16.6 Å². The van der Waals surface area contributed by atoms with Crippen LogP contribution in [0.5, 0.6) is 5.75 Å². The second kappa shape index (κ2) is 7.22. The number of sulfonamides is 1. The molecule has 0 aliphatic carbocycles. The van der Waals surface area contributed by atoms with Crippen molar-refractivity contribution in [3.63, 3.8) is 0 Å². The molecule has 27 heavy (non-hydrogen) atoms. The van der Waals surface area contributed by atoms with Crippen LogP contribution in [0.3, 0.4) is 0 Å². The molecule has 5 rings (SSSR count). The molecule has 0 radical (unpaired) electrons. The highest BCUT2D eigenvalue weighted by atomic mass is 32.2. The van der Waals surface area contributed by atoms with Crippen molar-refractivity contribution in [1.82, 2.24) is 14.2 Å². The van der Waals surface area contributed by atoms with Gasteiger partial charge in [-0.2, -0.15) is 4.31 Å². The number of piperazine rings is 1. The van der Waals surface area contributed by atoms with Gasteiger partial charge in [0, 0.05) is 37.4 Å². The molecular weight excluding hydrogens is 362 g/mol. The molecule has 1 aromatic heterocycles. The van der Waals surface area contributed by atoms with E-state index in [-0.39, 0.29) is 12.1 Å². The average molecular weight is 388 g/mol. The lowest BCUT2D eigenvalue weighted by Crippen LogP contribution is -2.69. The third-order valence-corrected chi connectivity index (χ3v) is 7.26. The molecule has 144 valence electrons. The van der Waals surface area contributed by atoms with E-state index < -0.39 is 10.0 Å². The van der Waals surface area contributed by atoms with Gasteiger partial charge >= 0.3 is 0 Å². The van der Waals surface area contributed by atoms with Gasteiger partial charge in [-0.1, -0.05) is 6.07 Å². The summed E-state index contributed by atoms with van der Waals surface area (Å²) in [6.45, 7) is 6.73. The van der Waals surface area contributed by atoms with Gasteiger partial charge in [0.05, 0.1) is 17.2 Å². The number of hydrogen-bond acceptors (Lipinski definition) is 5. The van der Waals surface area contributed by atoms with Crippen LogP contribution in [0.4, 0.5) is 0 Å². The van der Waals surface area contributed by atoms with E-state index >= 15 is 0 Å². The normalized spacial score (nSPS) is 23.0. The van der Waals surface area contributed by atoms with Gasteiger partial charge in [-0.3, -0.25) is 9.88 Å². The topological polar surface area (TPSA) is 62.7 Å². The number of hydrogen-bond donors (Lipinski definition) is 0. The Kier molecular flexibility index (Phi) is 4.92. The van der Waals surface area contributed by atoms with Crippen molar-refractivity contribution in [1.29, 1.82) is 0 Å². The molecule has 3 saturated heterocycles. The zero-order valence-electron chi connectivity index (χ0n) is 15.7. The molecule has 1 aromatic carbocycles. The van der Waals surface area contributed by atoms with Crippen molar-refractivity contribution in [3.8, 4) is 5.75 Å². The predicted octanol–water partition coefficient (Wildman–Crippen LogP) is 2.44. The summed E-state index contributed by atoms with van der Waals surface area (Å²) < 4.78 is 33.2. The van der Waals surface area contributed by atoms with E-state index in [9.17, 15) is 8.42 Å². The van der Waals surface area contributed by atoms with E-state index in [2.05, 4.69) is 9.88 Å². The monoisotopic (exact) mass is 387 g/mol. The lowest BCUT2D eigenvalue weighted by atomic mass is 9.91. The fourth-order valence-electron chi connectivity index (χ4n) is 4.10. The molecule has 3 fully saturated rings. The second-order valence-electron chi connectivity index (χ2n) is 7.25. The van der Waals surface area contributed by atoms with Gasteiger partial charge in [0.15, 0.2) is 0 Å². The Morgan fingerprint density at radius 3 is 2.44 bits per heavy atom. The molecule has 2 bridgehead atoms.